The molecule has 8 heteroatoms. The van der Waals surface area contributed by atoms with Crippen molar-refractivity contribution in [2.45, 2.75) is 107 Å². The second-order valence-corrected chi connectivity index (χ2v) is 17.4. The van der Waals surface area contributed by atoms with E-state index in [4.69, 9.17) is 28.3 Å². The lowest BCUT2D eigenvalue weighted by atomic mass is 9.42. The molecular formula is C35H47BrCl2N4O. The van der Waals surface area contributed by atoms with Crippen LogP contribution in [0.15, 0.2) is 46.9 Å². The Morgan fingerprint density at radius 3 is 1.79 bits per heavy atom. The van der Waals surface area contributed by atoms with Crippen molar-refractivity contribution in [3.8, 4) is 16.9 Å². The Morgan fingerprint density at radius 2 is 1.33 bits per heavy atom. The van der Waals surface area contributed by atoms with E-state index in [1.807, 2.05) is 30.3 Å². The second-order valence-electron chi connectivity index (χ2n) is 15.6. The Bertz CT molecular complexity index is 1530. The van der Waals surface area contributed by atoms with Gasteiger partial charge in [0, 0.05) is 31.7 Å². The van der Waals surface area contributed by atoms with Crippen molar-refractivity contribution in [2.75, 3.05) is 0 Å². The molecule has 0 bridgehead atoms. The minimum absolute atomic E-state index is 0.0491. The zero-order chi connectivity index (χ0) is 32.7. The van der Waals surface area contributed by atoms with Crippen LogP contribution in [0.4, 0.5) is 0 Å². The quantitative estimate of drug-likeness (QED) is 0.297. The van der Waals surface area contributed by atoms with E-state index in [1.165, 1.54) is 0 Å². The van der Waals surface area contributed by atoms with E-state index in [0.717, 1.165) is 21.3 Å². The number of carbonyl (C=O) groups excluding carboxylic acids is 1. The van der Waals surface area contributed by atoms with E-state index in [2.05, 4.69) is 116 Å². The fourth-order valence-electron chi connectivity index (χ4n) is 6.99. The summed E-state index contributed by atoms with van der Waals surface area (Å²) in [5.41, 5.74) is 5.38. The van der Waals surface area contributed by atoms with Crippen molar-refractivity contribution in [1.82, 2.24) is 20.2 Å². The Balaban J connectivity index is 1.98. The third-order valence-corrected chi connectivity index (χ3v) is 12.7. The third kappa shape index (κ3) is 5.09. The molecule has 0 saturated carbocycles. The topological polar surface area (TPSA) is 50.2 Å². The first-order valence-electron chi connectivity index (χ1n) is 14.9. The van der Waals surface area contributed by atoms with E-state index in [9.17, 15) is 4.79 Å². The largest absolute Gasteiger partial charge is 0.286 e. The third-order valence-electron chi connectivity index (χ3n) is 11.6. The summed E-state index contributed by atoms with van der Waals surface area (Å²) in [6.45, 7) is 29.2. The summed E-state index contributed by atoms with van der Waals surface area (Å²) in [6, 6.07) is 13.4. The number of amides is 1. The van der Waals surface area contributed by atoms with Gasteiger partial charge in [0.05, 0.1) is 16.4 Å². The molecule has 0 atom stereocenters. The van der Waals surface area contributed by atoms with Crippen LogP contribution in [0, 0.1) is 16.2 Å². The second kappa shape index (κ2) is 10.6. The van der Waals surface area contributed by atoms with Gasteiger partial charge in [0.25, 0.3) is 5.91 Å². The van der Waals surface area contributed by atoms with Crippen molar-refractivity contribution in [1.29, 1.82) is 0 Å². The number of nitrogens with one attached hydrogen (secondary N) is 1. The van der Waals surface area contributed by atoms with Crippen LogP contribution in [0.2, 0.25) is 10.0 Å². The molecule has 1 aliphatic heterocycles. The highest BCUT2D eigenvalue weighted by Crippen LogP contribution is 2.66. The predicted molar refractivity (Wildman–Crippen MR) is 184 cm³/mol. The van der Waals surface area contributed by atoms with Crippen LogP contribution >= 0.6 is 39.1 Å². The first-order chi connectivity index (χ1) is 19.4. The molecule has 0 radical (unpaired) electrons. The maximum atomic E-state index is 14.7. The van der Waals surface area contributed by atoms with Gasteiger partial charge in [-0.05, 0) is 79.7 Å². The number of hydrazine groups is 1. The Labute approximate surface area is 276 Å². The van der Waals surface area contributed by atoms with Crippen molar-refractivity contribution in [2.24, 2.45) is 16.2 Å². The average Bonchev–Trinajstić information content (AvgIpc) is 3.27. The fourth-order valence-corrected chi connectivity index (χ4v) is 7.74. The van der Waals surface area contributed by atoms with Crippen molar-refractivity contribution in [3.05, 3.63) is 68.2 Å². The molecule has 1 N–H and O–H groups in total. The molecule has 0 spiro atoms. The van der Waals surface area contributed by atoms with Gasteiger partial charge < -0.3 is 0 Å². The van der Waals surface area contributed by atoms with E-state index >= 15 is 0 Å². The zero-order valence-corrected chi connectivity index (χ0v) is 31.0. The number of carbonyl (C=O) groups is 1. The zero-order valence-electron chi connectivity index (χ0n) is 27.9. The van der Waals surface area contributed by atoms with Gasteiger partial charge in [-0.15, -0.1) is 0 Å². The van der Waals surface area contributed by atoms with Gasteiger partial charge in [-0.1, -0.05) is 114 Å². The van der Waals surface area contributed by atoms with Crippen LogP contribution in [0.25, 0.3) is 16.9 Å². The van der Waals surface area contributed by atoms with Gasteiger partial charge in [0.1, 0.15) is 0 Å². The number of piperidine rings is 1. The van der Waals surface area contributed by atoms with Gasteiger partial charge in [0.15, 0.2) is 5.69 Å². The molecule has 5 nitrogen and oxygen atoms in total. The molecule has 234 valence electrons. The molecule has 1 aliphatic rings. The highest BCUT2D eigenvalue weighted by atomic mass is 79.9. The molecule has 1 saturated heterocycles. The minimum atomic E-state index is -0.431. The lowest BCUT2D eigenvalue weighted by Crippen LogP contribution is -2.80. The SMILES string of the molecule is CC(C)(C)c1c(C(=O)NN2C(C)(C)C(C)(C)C(C)(C)C(C)(C)C2(C)C)nn(-c2ccc(Cl)cc2Cl)c1-c1ccc(Br)cc1. The van der Waals surface area contributed by atoms with Crippen LogP contribution in [0.3, 0.4) is 0 Å². The van der Waals surface area contributed by atoms with Crippen molar-refractivity contribution >= 4 is 45.0 Å². The molecule has 1 aromatic heterocycles. The van der Waals surface area contributed by atoms with Gasteiger partial charge in [0.2, 0.25) is 0 Å². The maximum absolute atomic E-state index is 14.7. The number of halogens is 3. The smallest absolute Gasteiger partial charge is 0.282 e. The summed E-state index contributed by atoms with van der Waals surface area (Å²) >= 11 is 16.6. The average molecular weight is 691 g/mol. The molecular weight excluding hydrogens is 643 g/mol. The Kier molecular flexibility index (Phi) is 8.39. The summed E-state index contributed by atoms with van der Waals surface area (Å²) in [4.78, 5) is 14.7. The van der Waals surface area contributed by atoms with Crippen molar-refractivity contribution in [3.63, 3.8) is 0 Å². The Morgan fingerprint density at radius 1 is 0.814 bits per heavy atom. The van der Waals surface area contributed by atoms with Gasteiger partial charge in [-0.3, -0.25) is 10.2 Å². The lowest BCUT2D eigenvalue weighted by molar-refractivity contribution is -0.259. The highest BCUT2D eigenvalue weighted by Gasteiger charge is 2.68. The molecule has 1 fully saturated rings. The van der Waals surface area contributed by atoms with Crippen LogP contribution in [0.5, 0.6) is 0 Å². The van der Waals surface area contributed by atoms with E-state index < -0.39 is 16.5 Å². The van der Waals surface area contributed by atoms with Crippen LogP contribution in [-0.4, -0.2) is 31.8 Å². The fraction of sp³-hybridized carbons (Fsp3) is 0.543. The van der Waals surface area contributed by atoms with Crippen LogP contribution in [0.1, 0.15) is 106 Å². The van der Waals surface area contributed by atoms with E-state index in [0.29, 0.717) is 21.4 Å². The number of benzene rings is 2. The molecule has 2 heterocycles. The van der Waals surface area contributed by atoms with Crippen LogP contribution < -0.4 is 5.43 Å². The van der Waals surface area contributed by atoms with Gasteiger partial charge >= 0.3 is 0 Å². The summed E-state index contributed by atoms with van der Waals surface area (Å²) < 4.78 is 2.76. The molecule has 2 aromatic carbocycles. The van der Waals surface area contributed by atoms with Crippen molar-refractivity contribution < 1.29 is 4.79 Å². The highest BCUT2D eigenvalue weighted by molar-refractivity contribution is 9.10. The molecule has 1 amide bonds. The number of aromatic nitrogens is 2. The summed E-state index contributed by atoms with van der Waals surface area (Å²) in [7, 11) is 0. The monoisotopic (exact) mass is 688 g/mol. The standard InChI is InChI=1S/C35H47BrCl2N4O/c1-30(2,3)26-27(29(43)40-42-34(10,11)32(6,7)31(4,5)33(8,9)35(42,12)13)39-41(25-19-18-23(37)20-24(25)38)28(26)21-14-16-22(36)17-15-21/h14-20H,1-13H3,(H,40,43). The van der Waals surface area contributed by atoms with Crippen LogP contribution in [-0.2, 0) is 5.41 Å². The number of hydrogen-bond donors (Lipinski definition) is 1. The summed E-state index contributed by atoms with van der Waals surface area (Å²) in [5, 5.41) is 8.20. The molecule has 3 aromatic rings. The lowest BCUT2D eigenvalue weighted by Gasteiger charge is -2.73. The predicted octanol–water partition coefficient (Wildman–Crippen LogP) is 10.5. The molecule has 0 unspecified atom stereocenters. The first-order valence-corrected chi connectivity index (χ1v) is 16.4. The molecule has 43 heavy (non-hydrogen) atoms. The number of rotatable bonds is 4. The summed E-state index contributed by atoms with van der Waals surface area (Å²) in [6.07, 6.45) is 0. The van der Waals surface area contributed by atoms with E-state index in [-0.39, 0.29) is 22.2 Å². The minimum Gasteiger partial charge on any atom is -0.282 e. The normalized spacial score (nSPS) is 20.6. The first kappa shape index (κ1) is 34.0. The Hall–Kier alpha value is -1.86. The number of hydrogen-bond acceptors (Lipinski definition) is 3. The van der Waals surface area contributed by atoms with E-state index in [1.54, 1.807) is 16.8 Å². The molecule has 0 aliphatic carbocycles. The number of nitrogens with zero attached hydrogens (tertiary/aromatic N) is 3. The molecule has 4 rings (SSSR count). The maximum Gasteiger partial charge on any atom is 0.286 e. The summed E-state index contributed by atoms with van der Waals surface area (Å²) in [5.74, 6) is -0.250. The van der Waals surface area contributed by atoms with Gasteiger partial charge in [-0.25, -0.2) is 9.69 Å². The van der Waals surface area contributed by atoms with Gasteiger partial charge in [-0.2, -0.15) is 5.10 Å².